The number of rotatable bonds is 9. The summed E-state index contributed by atoms with van der Waals surface area (Å²) in [7, 11) is 0. The van der Waals surface area contributed by atoms with Crippen molar-refractivity contribution in [2.24, 2.45) is 0 Å². The van der Waals surface area contributed by atoms with Crippen LogP contribution >= 0.6 is 0 Å². The summed E-state index contributed by atoms with van der Waals surface area (Å²) in [6, 6.07) is 21.3. The van der Waals surface area contributed by atoms with Gasteiger partial charge in [-0.15, -0.1) is 0 Å². The lowest BCUT2D eigenvalue weighted by molar-refractivity contribution is -0.222. The number of benzene rings is 3. The molecule has 43 heavy (non-hydrogen) atoms. The zero-order valence-electron chi connectivity index (χ0n) is 24.1. The monoisotopic (exact) mass is 603 g/mol. The van der Waals surface area contributed by atoms with Gasteiger partial charge in [-0.05, 0) is 29.5 Å². The molecule has 1 N–H and O–H groups in total. The number of alkyl halides is 6. The summed E-state index contributed by atoms with van der Waals surface area (Å²) in [5.41, 5.74) is -1.67. The Morgan fingerprint density at radius 3 is 1.74 bits per heavy atom. The average Bonchev–Trinajstić information content (AvgIpc) is 3.01. The third-order valence-electron chi connectivity index (χ3n) is 9.23. The first kappa shape index (κ1) is 31.5. The Bertz CT molecular complexity index is 1220. The van der Waals surface area contributed by atoms with E-state index in [1.54, 1.807) is 36.4 Å². The summed E-state index contributed by atoms with van der Waals surface area (Å²) >= 11 is 0. The van der Waals surface area contributed by atoms with Crippen LogP contribution in [0.2, 0.25) is 0 Å². The number of nitrogens with one attached hydrogen (secondary N) is 1. The van der Waals surface area contributed by atoms with Gasteiger partial charge in [-0.3, -0.25) is 9.80 Å². The Morgan fingerprint density at radius 2 is 1.23 bits per heavy atom. The van der Waals surface area contributed by atoms with Gasteiger partial charge >= 0.3 is 12.4 Å². The molecule has 3 nitrogen and oxygen atoms in total. The van der Waals surface area contributed by atoms with Gasteiger partial charge in [0.2, 0.25) is 0 Å². The molecular weight excluding hydrogens is 564 g/mol. The van der Waals surface area contributed by atoms with Gasteiger partial charge in [0.1, 0.15) is 11.5 Å². The zero-order valence-corrected chi connectivity index (χ0v) is 24.1. The largest absolute Gasteiger partial charge is 0.405 e. The van der Waals surface area contributed by atoms with Crippen molar-refractivity contribution in [2.45, 2.75) is 74.5 Å². The number of hydrogen-bond acceptors (Lipinski definition) is 3. The standard InChI is InChI=1S/C34H39F6N3/c35-33(36,37)31-25-42(21-22-43(31)29-19-11-4-12-20-29)30(24-41-23-26-13-5-1-6-14-26)32(34(38,39)40,27-15-7-2-8-16-27)28-17-9-3-10-18-28/h1-3,5-10,13-18,29-31,41H,4,11-12,19-25H2. The Kier molecular flexibility index (Phi) is 9.83. The lowest BCUT2D eigenvalue weighted by Gasteiger charge is -2.53. The van der Waals surface area contributed by atoms with Crippen molar-refractivity contribution in [1.82, 2.24) is 15.1 Å². The first-order valence-electron chi connectivity index (χ1n) is 15.1. The molecule has 2 unspecified atom stereocenters. The normalized spacial score (nSPS) is 20.7. The van der Waals surface area contributed by atoms with E-state index in [1.165, 1.54) is 34.1 Å². The molecule has 0 bridgehead atoms. The van der Waals surface area contributed by atoms with Crippen molar-refractivity contribution < 1.29 is 26.3 Å². The Balaban J connectivity index is 1.60. The van der Waals surface area contributed by atoms with Crippen LogP contribution in [0.3, 0.4) is 0 Å². The van der Waals surface area contributed by atoms with Gasteiger partial charge in [0.25, 0.3) is 0 Å². The highest BCUT2D eigenvalue weighted by molar-refractivity contribution is 5.44. The zero-order chi connectivity index (χ0) is 30.5. The number of hydrogen-bond donors (Lipinski definition) is 1. The molecule has 2 fully saturated rings. The summed E-state index contributed by atoms with van der Waals surface area (Å²) in [5, 5.41) is 3.21. The summed E-state index contributed by atoms with van der Waals surface area (Å²) in [6.45, 7) is -0.208. The maximum absolute atomic E-state index is 15.9. The van der Waals surface area contributed by atoms with Gasteiger partial charge in [-0.25, -0.2) is 0 Å². The van der Waals surface area contributed by atoms with Gasteiger partial charge in [-0.2, -0.15) is 26.3 Å². The molecule has 3 aromatic carbocycles. The molecule has 1 saturated carbocycles. The molecule has 0 amide bonds. The fourth-order valence-electron chi connectivity index (χ4n) is 7.22. The smallest absolute Gasteiger partial charge is 0.311 e. The van der Waals surface area contributed by atoms with E-state index in [4.69, 9.17) is 0 Å². The van der Waals surface area contributed by atoms with Crippen molar-refractivity contribution in [1.29, 1.82) is 0 Å². The molecule has 3 aromatic rings. The van der Waals surface area contributed by atoms with Crippen LogP contribution in [-0.4, -0.2) is 66.5 Å². The van der Waals surface area contributed by atoms with Crippen LogP contribution in [0.25, 0.3) is 0 Å². The van der Waals surface area contributed by atoms with Gasteiger partial charge in [0.05, 0.1) is 0 Å². The molecule has 1 saturated heterocycles. The second kappa shape index (κ2) is 13.4. The number of nitrogens with zero attached hydrogens (tertiary/aromatic N) is 2. The number of halogens is 6. The van der Waals surface area contributed by atoms with Crippen molar-refractivity contribution in [3.8, 4) is 0 Å². The van der Waals surface area contributed by atoms with Gasteiger partial charge in [0.15, 0.2) is 0 Å². The minimum atomic E-state index is -4.82. The minimum absolute atomic E-state index is 0.0125. The van der Waals surface area contributed by atoms with E-state index >= 15 is 13.2 Å². The van der Waals surface area contributed by atoms with Crippen LogP contribution in [-0.2, 0) is 12.0 Å². The van der Waals surface area contributed by atoms with Crippen LogP contribution in [0.5, 0.6) is 0 Å². The molecule has 9 heteroatoms. The van der Waals surface area contributed by atoms with Gasteiger partial charge in [0, 0.05) is 44.8 Å². The predicted molar refractivity (Wildman–Crippen MR) is 157 cm³/mol. The summed E-state index contributed by atoms with van der Waals surface area (Å²) < 4.78 is 91.9. The van der Waals surface area contributed by atoms with E-state index in [0.717, 1.165) is 24.8 Å². The van der Waals surface area contributed by atoms with Crippen molar-refractivity contribution in [3.05, 3.63) is 108 Å². The SMILES string of the molecule is FC(F)(F)C1CN(C(CNCc2ccccc2)C(c2ccccc2)(c2ccccc2)C(F)(F)F)CCN1C1CCCCC1. The third kappa shape index (κ3) is 6.79. The molecule has 232 valence electrons. The maximum atomic E-state index is 15.9. The lowest BCUT2D eigenvalue weighted by Crippen LogP contribution is -2.69. The van der Waals surface area contributed by atoms with Crippen LogP contribution < -0.4 is 5.32 Å². The molecule has 2 aliphatic rings. The average molecular weight is 604 g/mol. The van der Waals surface area contributed by atoms with Gasteiger partial charge in [-0.1, -0.05) is 110 Å². The third-order valence-corrected chi connectivity index (χ3v) is 9.23. The second-order valence-electron chi connectivity index (χ2n) is 11.8. The van der Waals surface area contributed by atoms with Gasteiger partial charge < -0.3 is 5.32 Å². The van der Waals surface area contributed by atoms with Crippen LogP contribution in [0.4, 0.5) is 26.3 Å². The lowest BCUT2D eigenvalue weighted by atomic mass is 9.67. The molecule has 1 aliphatic heterocycles. The molecule has 2 atom stereocenters. The first-order chi connectivity index (χ1) is 20.6. The highest BCUT2D eigenvalue weighted by Gasteiger charge is 2.63. The molecular formula is C34H39F6N3. The second-order valence-corrected chi connectivity index (χ2v) is 11.8. The van der Waals surface area contributed by atoms with E-state index in [2.05, 4.69) is 5.32 Å². The molecule has 0 radical (unpaired) electrons. The highest BCUT2D eigenvalue weighted by Crippen LogP contribution is 2.51. The minimum Gasteiger partial charge on any atom is -0.311 e. The quantitative estimate of drug-likeness (QED) is 0.255. The van der Waals surface area contributed by atoms with E-state index in [9.17, 15) is 13.2 Å². The summed E-state index contributed by atoms with van der Waals surface area (Å²) in [6.07, 6.45) is -5.25. The Hall–Kier alpha value is -2.88. The Morgan fingerprint density at radius 1 is 0.698 bits per heavy atom. The highest BCUT2D eigenvalue weighted by atomic mass is 19.4. The van der Waals surface area contributed by atoms with Crippen molar-refractivity contribution in [3.63, 3.8) is 0 Å². The molecule has 0 spiro atoms. The summed E-state index contributed by atoms with van der Waals surface area (Å²) in [5.74, 6) is 0. The van der Waals surface area contributed by atoms with Crippen LogP contribution in [0.1, 0.15) is 48.8 Å². The summed E-state index contributed by atoms with van der Waals surface area (Å²) in [4.78, 5) is 2.99. The predicted octanol–water partition coefficient (Wildman–Crippen LogP) is 7.57. The number of piperazine rings is 1. The van der Waals surface area contributed by atoms with Crippen molar-refractivity contribution >= 4 is 0 Å². The van der Waals surface area contributed by atoms with E-state index in [1.807, 2.05) is 30.3 Å². The van der Waals surface area contributed by atoms with E-state index < -0.39 is 36.4 Å². The Labute approximate surface area is 249 Å². The molecule has 1 heterocycles. The topological polar surface area (TPSA) is 18.5 Å². The van der Waals surface area contributed by atoms with Crippen molar-refractivity contribution in [2.75, 3.05) is 26.2 Å². The van der Waals surface area contributed by atoms with E-state index in [0.29, 0.717) is 19.4 Å². The molecule has 0 aromatic heterocycles. The molecule has 5 rings (SSSR count). The maximum Gasteiger partial charge on any atom is 0.405 e. The van der Waals surface area contributed by atoms with Crippen LogP contribution in [0.15, 0.2) is 91.0 Å². The fourth-order valence-corrected chi connectivity index (χ4v) is 7.22. The fraction of sp³-hybridized carbons (Fsp3) is 0.471. The molecule has 1 aliphatic carbocycles. The first-order valence-corrected chi connectivity index (χ1v) is 15.1. The van der Waals surface area contributed by atoms with E-state index in [-0.39, 0.29) is 36.8 Å². The van der Waals surface area contributed by atoms with Crippen LogP contribution in [0, 0.1) is 0 Å².